The van der Waals surface area contributed by atoms with Crippen LogP contribution in [-0.4, -0.2) is 12.5 Å². The second-order valence-corrected chi connectivity index (χ2v) is 5.36. The number of hydrogen-bond donors (Lipinski definition) is 1. The van der Waals surface area contributed by atoms with Gasteiger partial charge in [-0.25, -0.2) is 4.39 Å². The lowest BCUT2D eigenvalue weighted by atomic mass is 10.2. The number of anilines is 1. The van der Waals surface area contributed by atoms with Gasteiger partial charge in [0.15, 0.2) is 0 Å². The van der Waals surface area contributed by atoms with E-state index in [0.29, 0.717) is 23.1 Å². The number of benzene rings is 2. The van der Waals surface area contributed by atoms with Crippen LogP contribution >= 0.6 is 27.5 Å². The molecule has 21 heavy (non-hydrogen) atoms. The highest BCUT2D eigenvalue weighted by molar-refractivity contribution is 9.10. The third-order valence-electron chi connectivity index (χ3n) is 2.69. The van der Waals surface area contributed by atoms with Crippen molar-refractivity contribution in [3.63, 3.8) is 0 Å². The smallest absolute Gasteiger partial charge is 0.257 e. The van der Waals surface area contributed by atoms with Crippen molar-refractivity contribution >= 4 is 39.1 Å². The van der Waals surface area contributed by atoms with Crippen LogP contribution in [0.15, 0.2) is 40.9 Å². The fourth-order valence-electron chi connectivity index (χ4n) is 1.75. The Bertz CT molecular complexity index is 679. The zero-order valence-corrected chi connectivity index (χ0v) is 13.5. The van der Waals surface area contributed by atoms with Gasteiger partial charge in [-0.1, -0.05) is 17.7 Å². The average Bonchev–Trinajstić information content (AvgIpc) is 2.45. The molecule has 0 unspecified atom stereocenters. The van der Waals surface area contributed by atoms with Crippen LogP contribution in [0.3, 0.4) is 0 Å². The van der Waals surface area contributed by atoms with Crippen LogP contribution in [0.5, 0.6) is 5.75 Å². The molecule has 0 saturated carbocycles. The zero-order valence-electron chi connectivity index (χ0n) is 11.1. The Morgan fingerprint density at radius 2 is 2.14 bits per heavy atom. The van der Waals surface area contributed by atoms with Crippen LogP contribution < -0.4 is 10.1 Å². The number of carbonyl (C=O) groups excluding carboxylic acids is 1. The third kappa shape index (κ3) is 3.74. The SMILES string of the molecule is CCOc1ccc(Cl)cc1NC(=O)c1cccc(F)c1Br. The molecule has 6 heteroatoms. The van der Waals surface area contributed by atoms with Crippen LogP contribution in [0.1, 0.15) is 17.3 Å². The molecule has 0 aliphatic rings. The number of hydrogen-bond acceptors (Lipinski definition) is 2. The normalized spacial score (nSPS) is 10.3. The number of amides is 1. The lowest BCUT2D eigenvalue weighted by Gasteiger charge is -2.12. The van der Waals surface area contributed by atoms with E-state index in [0.717, 1.165) is 0 Å². The van der Waals surface area contributed by atoms with Crippen molar-refractivity contribution < 1.29 is 13.9 Å². The van der Waals surface area contributed by atoms with Crippen LogP contribution in [0.2, 0.25) is 5.02 Å². The van der Waals surface area contributed by atoms with E-state index in [9.17, 15) is 9.18 Å². The summed E-state index contributed by atoms with van der Waals surface area (Å²) in [5.41, 5.74) is 0.628. The van der Waals surface area contributed by atoms with Gasteiger partial charge in [-0.2, -0.15) is 0 Å². The minimum absolute atomic E-state index is 0.113. The molecule has 0 saturated heterocycles. The number of carbonyl (C=O) groups is 1. The summed E-state index contributed by atoms with van der Waals surface area (Å²) in [5.74, 6) is -0.453. The van der Waals surface area contributed by atoms with E-state index in [4.69, 9.17) is 16.3 Å². The van der Waals surface area contributed by atoms with Crippen molar-refractivity contribution in [3.8, 4) is 5.75 Å². The van der Waals surface area contributed by atoms with Gasteiger partial charge in [0, 0.05) is 5.02 Å². The fourth-order valence-corrected chi connectivity index (χ4v) is 2.37. The van der Waals surface area contributed by atoms with Crippen molar-refractivity contribution in [3.05, 3.63) is 57.3 Å². The minimum Gasteiger partial charge on any atom is -0.492 e. The first-order valence-corrected chi connectivity index (χ1v) is 7.37. The number of rotatable bonds is 4. The molecule has 0 spiro atoms. The standard InChI is InChI=1S/C15H12BrClFNO2/c1-2-21-13-7-6-9(17)8-12(13)19-15(20)10-4-3-5-11(18)14(10)16/h3-8H,2H2,1H3,(H,19,20). The van der Waals surface area contributed by atoms with Crippen LogP contribution in [-0.2, 0) is 0 Å². The van der Waals surface area contributed by atoms with E-state index in [1.165, 1.54) is 18.2 Å². The van der Waals surface area contributed by atoms with E-state index in [1.54, 1.807) is 18.2 Å². The monoisotopic (exact) mass is 371 g/mol. The predicted molar refractivity (Wildman–Crippen MR) is 84.7 cm³/mol. The van der Waals surface area contributed by atoms with Gasteiger partial charge in [-0.3, -0.25) is 4.79 Å². The van der Waals surface area contributed by atoms with Crippen molar-refractivity contribution in [1.29, 1.82) is 0 Å². The number of halogens is 3. The molecule has 0 aromatic heterocycles. The summed E-state index contributed by atoms with van der Waals surface area (Å²) in [6, 6.07) is 9.18. The molecule has 0 radical (unpaired) electrons. The quantitative estimate of drug-likeness (QED) is 0.829. The van der Waals surface area contributed by atoms with Crippen molar-refractivity contribution in [1.82, 2.24) is 0 Å². The number of ether oxygens (including phenoxy) is 1. The summed E-state index contributed by atoms with van der Waals surface area (Å²) < 4.78 is 19.0. The van der Waals surface area contributed by atoms with Crippen molar-refractivity contribution in [2.24, 2.45) is 0 Å². The maximum Gasteiger partial charge on any atom is 0.257 e. The largest absolute Gasteiger partial charge is 0.492 e. The second-order valence-electron chi connectivity index (χ2n) is 4.13. The Morgan fingerprint density at radius 3 is 2.86 bits per heavy atom. The Hall–Kier alpha value is -1.59. The molecule has 0 atom stereocenters. The maximum atomic E-state index is 13.5. The number of nitrogens with one attached hydrogen (secondary N) is 1. The maximum absolute atomic E-state index is 13.5. The molecule has 0 aliphatic heterocycles. The first-order valence-electron chi connectivity index (χ1n) is 6.20. The van der Waals surface area contributed by atoms with Gasteiger partial charge in [-0.05, 0) is 53.2 Å². The van der Waals surface area contributed by atoms with E-state index < -0.39 is 11.7 Å². The fraction of sp³-hybridized carbons (Fsp3) is 0.133. The summed E-state index contributed by atoms with van der Waals surface area (Å²) in [6.45, 7) is 2.29. The Kier molecular flexibility index (Phi) is 5.20. The highest BCUT2D eigenvalue weighted by Gasteiger charge is 2.15. The molecule has 2 aromatic rings. The van der Waals surface area contributed by atoms with Crippen LogP contribution in [0, 0.1) is 5.82 Å². The molecule has 1 amide bonds. The molecule has 2 aromatic carbocycles. The van der Waals surface area contributed by atoms with Crippen molar-refractivity contribution in [2.45, 2.75) is 6.92 Å². The van der Waals surface area contributed by atoms with E-state index in [1.807, 2.05) is 6.92 Å². The lowest BCUT2D eigenvalue weighted by molar-refractivity contribution is 0.102. The molecule has 2 rings (SSSR count). The average molecular weight is 373 g/mol. The minimum atomic E-state index is -0.501. The highest BCUT2D eigenvalue weighted by atomic mass is 79.9. The Labute approximate surface area is 135 Å². The third-order valence-corrected chi connectivity index (χ3v) is 3.73. The van der Waals surface area contributed by atoms with Crippen LogP contribution in [0.4, 0.5) is 10.1 Å². The predicted octanol–water partition coefficient (Wildman–Crippen LogP) is 4.89. The second kappa shape index (κ2) is 6.91. The summed E-state index contributed by atoms with van der Waals surface area (Å²) in [7, 11) is 0. The molecule has 0 bridgehead atoms. The summed E-state index contributed by atoms with van der Waals surface area (Å²) in [5, 5.41) is 3.14. The van der Waals surface area contributed by atoms with E-state index >= 15 is 0 Å². The molecular weight excluding hydrogens is 361 g/mol. The van der Waals surface area contributed by atoms with Gasteiger partial charge in [0.1, 0.15) is 11.6 Å². The zero-order chi connectivity index (χ0) is 15.4. The van der Waals surface area contributed by atoms with Gasteiger partial charge in [0.05, 0.1) is 22.3 Å². The van der Waals surface area contributed by atoms with E-state index in [-0.39, 0.29) is 10.0 Å². The Morgan fingerprint density at radius 1 is 1.38 bits per heavy atom. The van der Waals surface area contributed by atoms with Gasteiger partial charge in [0.2, 0.25) is 0 Å². The lowest BCUT2D eigenvalue weighted by Crippen LogP contribution is -2.14. The van der Waals surface area contributed by atoms with Gasteiger partial charge in [-0.15, -0.1) is 0 Å². The molecule has 0 heterocycles. The van der Waals surface area contributed by atoms with E-state index in [2.05, 4.69) is 21.2 Å². The molecular formula is C15H12BrClFNO2. The summed E-state index contributed by atoms with van der Waals surface area (Å²) in [4.78, 5) is 12.2. The molecule has 0 aliphatic carbocycles. The molecule has 0 fully saturated rings. The molecule has 3 nitrogen and oxygen atoms in total. The first kappa shape index (κ1) is 15.8. The molecule has 1 N–H and O–H groups in total. The van der Waals surface area contributed by atoms with Gasteiger partial charge < -0.3 is 10.1 Å². The van der Waals surface area contributed by atoms with Gasteiger partial charge >= 0.3 is 0 Å². The first-order chi connectivity index (χ1) is 10.0. The van der Waals surface area contributed by atoms with Crippen LogP contribution in [0.25, 0.3) is 0 Å². The Balaban J connectivity index is 2.31. The molecule has 110 valence electrons. The van der Waals surface area contributed by atoms with Gasteiger partial charge in [0.25, 0.3) is 5.91 Å². The summed E-state index contributed by atoms with van der Waals surface area (Å²) in [6.07, 6.45) is 0. The topological polar surface area (TPSA) is 38.3 Å². The highest BCUT2D eigenvalue weighted by Crippen LogP contribution is 2.29. The summed E-state index contributed by atoms with van der Waals surface area (Å²) >= 11 is 8.99. The van der Waals surface area contributed by atoms with Crippen molar-refractivity contribution in [2.75, 3.05) is 11.9 Å².